The monoisotopic (exact) mass is 218 g/mol. The van der Waals surface area contributed by atoms with E-state index in [2.05, 4.69) is 21.9 Å². The number of hydrogen-bond donors (Lipinski definition) is 0. The van der Waals surface area contributed by atoms with Crippen LogP contribution in [0.5, 0.6) is 0 Å². The fourth-order valence-corrected chi connectivity index (χ4v) is 0.721. The summed E-state index contributed by atoms with van der Waals surface area (Å²) in [6.45, 7) is 0.439. The lowest BCUT2D eigenvalue weighted by Gasteiger charge is -1.99. The van der Waals surface area contributed by atoms with Gasteiger partial charge < -0.3 is 4.74 Å². The van der Waals surface area contributed by atoms with Crippen LogP contribution < -0.4 is 0 Å². The Kier molecular flexibility index (Phi) is 7.28. The quantitative estimate of drug-likeness (QED) is 0.304. The molecule has 0 aromatic rings. The molecule has 3 heteroatoms. The summed E-state index contributed by atoms with van der Waals surface area (Å²) >= 11 is 3.15. The molecule has 0 heterocycles. The van der Waals surface area contributed by atoms with Crippen molar-refractivity contribution in [2.45, 2.75) is 19.3 Å². The number of ether oxygens (including phenoxy) is 1. The molecule has 0 aliphatic carbocycles. The maximum atomic E-state index is 10.8. The second-order valence-electron chi connectivity index (χ2n) is 1.97. The molecule has 62 valence electrons. The van der Waals surface area contributed by atoms with Gasteiger partial charge in [0.2, 0.25) is 0 Å². The Balaban J connectivity index is 3.17. The van der Waals surface area contributed by atoms with Crippen molar-refractivity contribution in [2.75, 3.05) is 11.9 Å². The molecule has 0 bridgehead atoms. The molecule has 0 N–H and O–H groups in total. The van der Waals surface area contributed by atoms with Gasteiger partial charge in [-0.1, -0.05) is 15.9 Å². The molecule has 11 heavy (non-hydrogen) atoms. The van der Waals surface area contributed by atoms with E-state index >= 15 is 0 Å². The molecule has 0 radical (unpaired) electrons. The SMILES string of the molecule is C#CCCCC(=O)OCCBr. The van der Waals surface area contributed by atoms with E-state index in [0.717, 1.165) is 6.42 Å². The number of unbranched alkanes of at least 4 members (excludes halogenated alkanes) is 1. The summed E-state index contributed by atoms with van der Waals surface area (Å²) in [6, 6.07) is 0. The predicted molar refractivity (Wildman–Crippen MR) is 47.4 cm³/mol. The Bertz CT molecular complexity index is 149. The summed E-state index contributed by atoms with van der Waals surface area (Å²) in [4.78, 5) is 10.8. The third-order valence-electron chi connectivity index (χ3n) is 1.04. The molecular weight excluding hydrogens is 208 g/mol. The van der Waals surface area contributed by atoms with E-state index < -0.39 is 0 Å². The molecule has 0 fully saturated rings. The smallest absolute Gasteiger partial charge is 0.305 e. The Morgan fingerprint density at radius 2 is 2.36 bits per heavy atom. The van der Waals surface area contributed by atoms with Gasteiger partial charge in [-0.15, -0.1) is 12.3 Å². The average Bonchev–Trinajstić information content (AvgIpc) is 2.01. The molecule has 0 spiro atoms. The van der Waals surface area contributed by atoms with E-state index in [4.69, 9.17) is 11.2 Å². The zero-order valence-corrected chi connectivity index (χ0v) is 7.89. The van der Waals surface area contributed by atoms with Gasteiger partial charge in [0.15, 0.2) is 0 Å². The lowest BCUT2D eigenvalue weighted by Crippen LogP contribution is -2.05. The second kappa shape index (κ2) is 7.62. The van der Waals surface area contributed by atoms with Crippen molar-refractivity contribution < 1.29 is 9.53 Å². The number of carbonyl (C=O) groups is 1. The van der Waals surface area contributed by atoms with Gasteiger partial charge in [-0.25, -0.2) is 0 Å². The van der Waals surface area contributed by atoms with Crippen LogP contribution in [0.25, 0.3) is 0 Å². The third kappa shape index (κ3) is 7.41. The number of esters is 1. The van der Waals surface area contributed by atoms with Crippen molar-refractivity contribution in [1.29, 1.82) is 0 Å². The fourth-order valence-electron chi connectivity index (χ4n) is 0.559. The first kappa shape index (κ1) is 10.5. The summed E-state index contributed by atoms with van der Waals surface area (Å²) in [5, 5.41) is 0.688. The number of carbonyl (C=O) groups excluding carboxylic acids is 1. The lowest BCUT2D eigenvalue weighted by molar-refractivity contribution is -0.143. The van der Waals surface area contributed by atoms with Crippen LogP contribution in [0.1, 0.15) is 19.3 Å². The highest BCUT2D eigenvalue weighted by Crippen LogP contribution is 1.96. The van der Waals surface area contributed by atoms with Crippen LogP contribution in [0.2, 0.25) is 0 Å². The van der Waals surface area contributed by atoms with Crippen LogP contribution in [0, 0.1) is 12.3 Å². The summed E-state index contributed by atoms with van der Waals surface area (Å²) in [6.07, 6.45) is 6.80. The lowest BCUT2D eigenvalue weighted by atomic mass is 10.2. The topological polar surface area (TPSA) is 26.3 Å². The maximum Gasteiger partial charge on any atom is 0.305 e. The molecule has 0 saturated carbocycles. The summed E-state index contributed by atoms with van der Waals surface area (Å²) in [5.41, 5.74) is 0. The summed E-state index contributed by atoms with van der Waals surface area (Å²) < 4.78 is 4.78. The van der Waals surface area contributed by atoms with E-state index in [-0.39, 0.29) is 5.97 Å². The molecule has 0 atom stereocenters. The molecule has 0 amide bonds. The van der Waals surface area contributed by atoms with Gasteiger partial charge in [0.25, 0.3) is 0 Å². The number of terminal acetylenes is 1. The van der Waals surface area contributed by atoms with Gasteiger partial charge in [0.1, 0.15) is 6.61 Å². The number of rotatable bonds is 5. The van der Waals surface area contributed by atoms with Crippen molar-refractivity contribution >= 4 is 21.9 Å². The highest BCUT2D eigenvalue weighted by Gasteiger charge is 1.99. The first-order valence-electron chi connectivity index (χ1n) is 3.46. The molecule has 0 saturated heterocycles. The zero-order chi connectivity index (χ0) is 8.53. The maximum absolute atomic E-state index is 10.8. The third-order valence-corrected chi connectivity index (χ3v) is 1.37. The Morgan fingerprint density at radius 3 is 2.91 bits per heavy atom. The Labute approximate surface area is 75.4 Å². The van der Waals surface area contributed by atoms with Gasteiger partial charge in [0.05, 0.1) is 0 Å². The van der Waals surface area contributed by atoms with Crippen molar-refractivity contribution in [3.05, 3.63) is 0 Å². The number of hydrogen-bond acceptors (Lipinski definition) is 2. The van der Waals surface area contributed by atoms with Crippen LogP contribution in [0.15, 0.2) is 0 Å². The van der Waals surface area contributed by atoms with E-state index in [1.54, 1.807) is 0 Å². The normalized spacial score (nSPS) is 8.73. The first-order valence-corrected chi connectivity index (χ1v) is 4.58. The largest absolute Gasteiger partial charge is 0.465 e. The minimum Gasteiger partial charge on any atom is -0.465 e. The predicted octanol–water partition coefficient (Wildman–Crippen LogP) is 1.73. The molecule has 0 aliphatic heterocycles. The highest BCUT2D eigenvalue weighted by molar-refractivity contribution is 9.09. The van der Waals surface area contributed by atoms with Crippen LogP contribution in [-0.4, -0.2) is 17.9 Å². The molecule has 2 nitrogen and oxygen atoms in total. The fraction of sp³-hybridized carbons (Fsp3) is 0.625. The zero-order valence-electron chi connectivity index (χ0n) is 6.31. The van der Waals surface area contributed by atoms with Crippen LogP contribution >= 0.6 is 15.9 Å². The van der Waals surface area contributed by atoms with Gasteiger partial charge in [-0.05, 0) is 6.42 Å². The van der Waals surface area contributed by atoms with E-state index in [1.807, 2.05) is 0 Å². The molecule has 0 aliphatic rings. The van der Waals surface area contributed by atoms with Gasteiger partial charge >= 0.3 is 5.97 Å². The summed E-state index contributed by atoms with van der Waals surface area (Å²) in [7, 11) is 0. The van der Waals surface area contributed by atoms with Crippen molar-refractivity contribution in [1.82, 2.24) is 0 Å². The van der Waals surface area contributed by atoms with Crippen LogP contribution in [0.4, 0.5) is 0 Å². The molecule has 0 aromatic heterocycles. The van der Waals surface area contributed by atoms with E-state index in [9.17, 15) is 4.79 Å². The minimum absolute atomic E-state index is 0.167. The van der Waals surface area contributed by atoms with Gasteiger partial charge in [0, 0.05) is 18.2 Å². The van der Waals surface area contributed by atoms with Crippen molar-refractivity contribution in [3.8, 4) is 12.3 Å². The van der Waals surface area contributed by atoms with Crippen LogP contribution in [0.3, 0.4) is 0 Å². The number of halogens is 1. The molecular formula is C8H11BrO2. The van der Waals surface area contributed by atoms with Crippen LogP contribution in [-0.2, 0) is 9.53 Å². The minimum atomic E-state index is -0.167. The molecule has 0 rings (SSSR count). The van der Waals surface area contributed by atoms with E-state index in [0.29, 0.717) is 24.8 Å². The Hall–Kier alpha value is -0.490. The first-order chi connectivity index (χ1) is 5.31. The van der Waals surface area contributed by atoms with Gasteiger partial charge in [-0.3, -0.25) is 4.79 Å². The van der Waals surface area contributed by atoms with Crippen molar-refractivity contribution in [2.24, 2.45) is 0 Å². The molecule has 0 aromatic carbocycles. The van der Waals surface area contributed by atoms with Crippen molar-refractivity contribution in [3.63, 3.8) is 0 Å². The highest BCUT2D eigenvalue weighted by atomic mass is 79.9. The number of alkyl halides is 1. The molecule has 0 unspecified atom stereocenters. The average molecular weight is 219 g/mol. The second-order valence-corrected chi connectivity index (χ2v) is 2.76. The summed E-state index contributed by atoms with van der Waals surface area (Å²) in [5.74, 6) is 2.30. The van der Waals surface area contributed by atoms with Gasteiger partial charge in [-0.2, -0.15) is 0 Å². The van der Waals surface area contributed by atoms with E-state index in [1.165, 1.54) is 0 Å². The Morgan fingerprint density at radius 1 is 1.64 bits per heavy atom. The standard InChI is InChI=1S/C8H11BrO2/c1-2-3-4-5-8(10)11-7-6-9/h1H,3-7H2.